The maximum absolute atomic E-state index is 12.3. The second kappa shape index (κ2) is 7.85. The van der Waals surface area contributed by atoms with E-state index in [1.165, 1.54) is 17.3 Å². The molecule has 0 N–H and O–H groups in total. The molecule has 0 bridgehead atoms. The average Bonchev–Trinajstić information content (AvgIpc) is 2.88. The number of thiocarbonyl (C=S) groups is 1. The Balaban J connectivity index is 1.71. The number of amides is 1. The summed E-state index contributed by atoms with van der Waals surface area (Å²) in [5.74, 6) is 0.753. The third-order valence-corrected chi connectivity index (χ3v) is 5.25. The van der Waals surface area contributed by atoms with Crippen molar-refractivity contribution in [1.29, 1.82) is 0 Å². The van der Waals surface area contributed by atoms with Crippen molar-refractivity contribution < 1.29 is 9.53 Å². The highest BCUT2D eigenvalue weighted by Gasteiger charge is 2.30. The van der Waals surface area contributed by atoms with E-state index in [0.717, 1.165) is 16.9 Å². The maximum atomic E-state index is 12.3. The van der Waals surface area contributed by atoms with Gasteiger partial charge in [-0.05, 0) is 43.2 Å². The van der Waals surface area contributed by atoms with Gasteiger partial charge in [0.05, 0.1) is 4.91 Å². The first-order valence-corrected chi connectivity index (χ1v) is 9.33. The van der Waals surface area contributed by atoms with Gasteiger partial charge in [-0.15, -0.1) is 0 Å². The quantitative estimate of drug-likeness (QED) is 0.559. The minimum atomic E-state index is -0.0246. The Hall–Kier alpha value is -2.11. The van der Waals surface area contributed by atoms with Crippen LogP contribution in [0.2, 0.25) is 0 Å². The summed E-state index contributed by atoms with van der Waals surface area (Å²) in [5.41, 5.74) is 3.29. The van der Waals surface area contributed by atoms with Crippen molar-refractivity contribution in [2.75, 3.05) is 6.54 Å². The van der Waals surface area contributed by atoms with Gasteiger partial charge in [-0.2, -0.15) is 0 Å². The molecule has 0 spiro atoms. The summed E-state index contributed by atoms with van der Waals surface area (Å²) in [6.07, 6.45) is 1.87. The Bertz CT molecular complexity index is 828. The zero-order chi connectivity index (χ0) is 17.8. The third-order valence-electron chi connectivity index (χ3n) is 3.87. The molecule has 0 unspecified atom stereocenters. The number of hydrogen-bond donors (Lipinski definition) is 0. The highest BCUT2D eigenvalue weighted by Crippen LogP contribution is 2.32. The fourth-order valence-electron chi connectivity index (χ4n) is 2.47. The molecule has 1 fully saturated rings. The number of carbonyl (C=O) groups is 1. The topological polar surface area (TPSA) is 29.5 Å². The summed E-state index contributed by atoms with van der Waals surface area (Å²) in [4.78, 5) is 14.6. The van der Waals surface area contributed by atoms with Crippen LogP contribution in [0, 0.1) is 6.92 Å². The molecule has 0 atom stereocenters. The van der Waals surface area contributed by atoms with Crippen LogP contribution < -0.4 is 4.74 Å². The molecule has 0 saturated carbocycles. The molecule has 1 heterocycles. The lowest BCUT2D eigenvalue weighted by Gasteiger charge is -2.09. The van der Waals surface area contributed by atoms with Crippen LogP contribution in [0.5, 0.6) is 5.75 Å². The molecule has 2 aromatic carbocycles. The molecule has 2 aromatic rings. The Kier molecular flexibility index (Phi) is 5.56. The number of rotatable bonds is 5. The fraction of sp³-hybridized carbons (Fsp3) is 0.200. The smallest absolute Gasteiger partial charge is 0.266 e. The van der Waals surface area contributed by atoms with E-state index in [9.17, 15) is 4.79 Å². The molecular formula is C20H19NO2S2. The van der Waals surface area contributed by atoms with Crippen molar-refractivity contribution in [2.24, 2.45) is 0 Å². The zero-order valence-electron chi connectivity index (χ0n) is 14.2. The summed E-state index contributed by atoms with van der Waals surface area (Å²) in [6.45, 7) is 5.10. The highest BCUT2D eigenvalue weighted by atomic mass is 32.2. The van der Waals surface area contributed by atoms with E-state index in [1.54, 1.807) is 4.90 Å². The summed E-state index contributed by atoms with van der Waals surface area (Å²) in [7, 11) is 0. The second-order valence-corrected chi connectivity index (χ2v) is 7.45. The lowest BCUT2D eigenvalue weighted by atomic mass is 10.1. The number of likely N-dealkylation sites (N-methyl/N-ethyl adjacent to an activating group) is 1. The average molecular weight is 370 g/mol. The summed E-state index contributed by atoms with van der Waals surface area (Å²) < 4.78 is 6.49. The van der Waals surface area contributed by atoms with E-state index in [1.807, 2.05) is 37.3 Å². The highest BCUT2D eigenvalue weighted by molar-refractivity contribution is 8.26. The minimum Gasteiger partial charge on any atom is -0.489 e. The van der Waals surface area contributed by atoms with Crippen molar-refractivity contribution in [2.45, 2.75) is 20.5 Å². The van der Waals surface area contributed by atoms with Crippen LogP contribution in [0.4, 0.5) is 0 Å². The number of hydrogen-bond acceptors (Lipinski definition) is 4. The number of thioether (sulfide) groups is 1. The normalized spacial score (nSPS) is 15.9. The van der Waals surface area contributed by atoms with E-state index in [4.69, 9.17) is 17.0 Å². The summed E-state index contributed by atoms with van der Waals surface area (Å²) in [6, 6.07) is 16.0. The Morgan fingerprint density at radius 1 is 1.20 bits per heavy atom. The Morgan fingerprint density at radius 2 is 1.96 bits per heavy atom. The molecular weight excluding hydrogens is 350 g/mol. The Labute approximate surface area is 157 Å². The standard InChI is InChI=1S/C20H19NO2S2/c1-3-21-19(22)18(25-20(21)24)12-16-5-4-6-17(11-16)23-13-15-9-7-14(2)8-10-15/h4-12H,3,13H2,1-2H3/b18-12+. The SMILES string of the molecule is CCN1C(=O)/C(=C\c2cccc(OCc3ccc(C)cc3)c2)SC1=S. The summed E-state index contributed by atoms with van der Waals surface area (Å²) in [5, 5.41) is 0. The van der Waals surface area contributed by atoms with Gasteiger partial charge < -0.3 is 4.74 Å². The monoisotopic (exact) mass is 369 g/mol. The molecule has 0 radical (unpaired) electrons. The predicted octanol–water partition coefficient (Wildman–Crippen LogP) is 4.80. The van der Waals surface area contributed by atoms with Crippen molar-refractivity contribution in [3.63, 3.8) is 0 Å². The molecule has 0 aliphatic carbocycles. The van der Waals surface area contributed by atoms with Gasteiger partial charge in [0.15, 0.2) is 0 Å². The predicted molar refractivity (Wildman–Crippen MR) is 108 cm³/mol. The lowest BCUT2D eigenvalue weighted by Crippen LogP contribution is -2.27. The number of carbonyl (C=O) groups excluding carboxylic acids is 1. The minimum absolute atomic E-state index is 0.0246. The van der Waals surface area contributed by atoms with Gasteiger partial charge in [0.2, 0.25) is 0 Å². The second-order valence-electron chi connectivity index (χ2n) is 5.77. The van der Waals surface area contributed by atoms with Gasteiger partial charge in [-0.1, -0.05) is 65.9 Å². The molecule has 3 nitrogen and oxygen atoms in total. The molecule has 1 aliphatic rings. The first-order valence-electron chi connectivity index (χ1n) is 8.10. The number of benzene rings is 2. The first-order chi connectivity index (χ1) is 12.1. The molecule has 1 amide bonds. The van der Waals surface area contributed by atoms with Crippen LogP contribution in [0.3, 0.4) is 0 Å². The van der Waals surface area contributed by atoms with Gasteiger partial charge in [-0.3, -0.25) is 9.69 Å². The summed E-state index contributed by atoms with van der Waals surface area (Å²) >= 11 is 6.59. The first kappa shape index (κ1) is 17.7. The molecule has 1 aliphatic heterocycles. The van der Waals surface area contributed by atoms with Crippen molar-refractivity contribution in [3.05, 3.63) is 70.1 Å². The van der Waals surface area contributed by atoms with Crippen LogP contribution in [0.15, 0.2) is 53.4 Å². The number of nitrogens with zero attached hydrogens (tertiary/aromatic N) is 1. The van der Waals surface area contributed by atoms with Gasteiger partial charge in [0, 0.05) is 6.54 Å². The molecule has 25 heavy (non-hydrogen) atoms. The van der Waals surface area contributed by atoms with E-state index in [0.29, 0.717) is 22.4 Å². The van der Waals surface area contributed by atoms with Crippen LogP contribution in [0.25, 0.3) is 6.08 Å². The van der Waals surface area contributed by atoms with Gasteiger partial charge in [-0.25, -0.2) is 0 Å². The van der Waals surface area contributed by atoms with E-state index in [2.05, 4.69) is 31.2 Å². The van der Waals surface area contributed by atoms with Crippen LogP contribution in [0.1, 0.15) is 23.6 Å². The van der Waals surface area contributed by atoms with Gasteiger partial charge in [0.1, 0.15) is 16.7 Å². The van der Waals surface area contributed by atoms with Crippen LogP contribution >= 0.6 is 24.0 Å². The molecule has 128 valence electrons. The number of ether oxygens (including phenoxy) is 1. The van der Waals surface area contributed by atoms with E-state index < -0.39 is 0 Å². The van der Waals surface area contributed by atoms with Gasteiger partial charge >= 0.3 is 0 Å². The largest absolute Gasteiger partial charge is 0.489 e. The molecule has 5 heteroatoms. The maximum Gasteiger partial charge on any atom is 0.266 e. The van der Waals surface area contributed by atoms with E-state index >= 15 is 0 Å². The lowest BCUT2D eigenvalue weighted by molar-refractivity contribution is -0.121. The Morgan fingerprint density at radius 3 is 2.64 bits per heavy atom. The zero-order valence-corrected chi connectivity index (χ0v) is 15.8. The third kappa shape index (κ3) is 4.30. The fourth-order valence-corrected chi connectivity index (χ4v) is 3.85. The van der Waals surface area contributed by atoms with Crippen LogP contribution in [-0.2, 0) is 11.4 Å². The molecule has 3 rings (SSSR count). The van der Waals surface area contributed by atoms with Gasteiger partial charge in [0.25, 0.3) is 5.91 Å². The van der Waals surface area contributed by atoms with Crippen molar-refractivity contribution in [1.82, 2.24) is 4.90 Å². The number of aryl methyl sites for hydroxylation is 1. The van der Waals surface area contributed by atoms with Crippen molar-refractivity contribution >= 4 is 40.3 Å². The molecule has 0 aromatic heterocycles. The van der Waals surface area contributed by atoms with Crippen LogP contribution in [-0.4, -0.2) is 21.7 Å². The van der Waals surface area contributed by atoms with E-state index in [-0.39, 0.29) is 5.91 Å². The van der Waals surface area contributed by atoms with Crippen molar-refractivity contribution in [3.8, 4) is 5.75 Å². The molecule has 1 saturated heterocycles.